The quantitative estimate of drug-likeness (QED) is 0.834. The van der Waals surface area contributed by atoms with Gasteiger partial charge in [0.1, 0.15) is 12.6 Å². The van der Waals surface area contributed by atoms with Gasteiger partial charge in [0.25, 0.3) is 0 Å². The lowest BCUT2D eigenvalue weighted by Crippen LogP contribution is -2.41. The molecule has 0 aliphatic heterocycles. The van der Waals surface area contributed by atoms with E-state index in [1.54, 1.807) is 6.92 Å². The molecule has 0 aliphatic rings. The molecule has 0 heterocycles. The predicted octanol–water partition coefficient (Wildman–Crippen LogP) is 3.31. The van der Waals surface area contributed by atoms with Crippen LogP contribution in [-0.4, -0.2) is 32.1 Å². The number of aryl methyl sites for hydroxylation is 1. The van der Waals surface area contributed by atoms with Crippen LogP contribution in [0.2, 0.25) is 0 Å². The lowest BCUT2D eigenvalue weighted by Gasteiger charge is -2.17. The molecule has 2 aromatic carbocycles. The summed E-state index contributed by atoms with van der Waals surface area (Å²) in [5, 5.41) is 5.37. The first-order valence-corrected chi connectivity index (χ1v) is 8.43. The normalized spacial score (nSPS) is 11.4. The molecular formula is C20H25N3O3. The predicted molar refractivity (Wildman–Crippen MR) is 103 cm³/mol. The van der Waals surface area contributed by atoms with Crippen LogP contribution in [0.3, 0.4) is 0 Å². The van der Waals surface area contributed by atoms with Gasteiger partial charge in [0.2, 0.25) is 5.91 Å². The number of amides is 2. The van der Waals surface area contributed by atoms with Crippen molar-refractivity contribution in [3.63, 3.8) is 0 Å². The van der Waals surface area contributed by atoms with Crippen molar-refractivity contribution in [1.82, 2.24) is 5.32 Å². The fourth-order valence-electron chi connectivity index (χ4n) is 2.31. The van der Waals surface area contributed by atoms with E-state index in [1.807, 2.05) is 74.4 Å². The summed E-state index contributed by atoms with van der Waals surface area (Å²) >= 11 is 0. The number of nitrogens with zero attached hydrogens (tertiary/aromatic N) is 1. The highest BCUT2D eigenvalue weighted by Crippen LogP contribution is 2.21. The van der Waals surface area contributed by atoms with Gasteiger partial charge in [0.15, 0.2) is 0 Å². The third-order valence-electron chi connectivity index (χ3n) is 3.92. The molecule has 0 bridgehead atoms. The summed E-state index contributed by atoms with van der Waals surface area (Å²) in [4.78, 5) is 26.1. The fourth-order valence-corrected chi connectivity index (χ4v) is 2.31. The van der Waals surface area contributed by atoms with Gasteiger partial charge in [-0.2, -0.15) is 0 Å². The Morgan fingerprint density at radius 1 is 1.12 bits per heavy atom. The number of anilines is 2. The van der Waals surface area contributed by atoms with E-state index in [0.29, 0.717) is 5.69 Å². The number of carbonyl (C=O) groups is 2. The largest absolute Gasteiger partial charge is 0.445 e. The number of nitrogens with one attached hydrogen (secondary N) is 2. The SMILES string of the molecule is Cc1cc(N(C)C)ccc1NC(=O)[C@@H](C)NC(=O)OCc1ccccc1. The summed E-state index contributed by atoms with van der Waals surface area (Å²) in [5.41, 5.74) is 3.60. The van der Waals surface area contributed by atoms with Gasteiger partial charge in [0, 0.05) is 25.5 Å². The third kappa shape index (κ3) is 5.51. The molecule has 0 aliphatic carbocycles. The molecule has 138 valence electrons. The number of rotatable bonds is 6. The van der Waals surface area contributed by atoms with Crippen molar-refractivity contribution in [2.45, 2.75) is 26.5 Å². The van der Waals surface area contributed by atoms with Crippen LogP contribution in [0.15, 0.2) is 48.5 Å². The second kappa shape index (κ2) is 8.89. The Bertz CT molecular complexity index is 760. The number of hydrogen-bond donors (Lipinski definition) is 2. The van der Waals surface area contributed by atoms with E-state index < -0.39 is 12.1 Å². The van der Waals surface area contributed by atoms with Crippen LogP contribution in [0.1, 0.15) is 18.1 Å². The molecule has 0 radical (unpaired) electrons. The molecule has 0 saturated carbocycles. The molecular weight excluding hydrogens is 330 g/mol. The molecule has 6 heteroatoms. The van der Waals surface area contributed by atoms with E-state index in [4.69, 9.17) is 4.74 Å². The zero-order valence-corrected chi connectivity index (χ0v) is 15.6. The molecule has 0 fully saturated rings. The second-order valence-corrected chi connectivity index (χ2v) is 6.31. The summed E-state index contributed by atoms with van der Waals surface area (Å²) in [6.07, 6.45) is -0.629. The van der Waals surface area contributed by atoms with E-state index in [0.717, 1.165) is 16.8 Å². The summed E-state index contributed by atoms with van der Waals surface area (Å²) in [7, 11) is 3.92. The van der Waals surface area contributed by atoms with Gasteiger partial charge in [-0.25, -0.2) is 4.79 Å². The Morgan fingerprint density at radius 3 is 2.42 bits per heavy atom. The molecule has 1 atom stereocenters. The average molecular weight is 355 g/mol. The van der Waals surface area contributed by atoms with Crippen molar-refractivity contribution in [2.75, 3.05) is 24.3 Å². The van der Waals surface area contributed by atoms with E-state index in [1.165, 1.54) is 0 Å². The van der Waals surface area contributed by atoms with E-state index in [9.17, 15) is 9.59 Å². The first kappa shape index (κ1) is 19.3. The monoisotopic (exact) mass is 355 g/mol. The average Bonchev–Trinajstić information content (AvgIpc) is 2.62. The van der Waals surface area contributed by atoms with Crippen molar-refractivity contribution in [3.8, 4) is 0 Å². The summed E-state index contributed by atoms with van der Waals surface area (Å²) in [6, 6.07) is 14.4. The Balaban J connectivity index is 1.86. The summed E-state index contributed by atoms with van der Waals surface area (Å²) in [6.45, 7) is 3.70. The molecule has 2 amide bonds. The second-order valence-electron chi connectivity index (χ2n) is 6.31. The molecule has 0 saturated heterocycles. The maximum absolute atomic E-state index is 12.3. The topological polar surface area (TPSA) is 70.7 Å². The van der Waals surface area contributed by atoms with Gasteiger partial charge in [0.05, 0.1) is 0 Å². The minimum atomic E-state index is -0.716. The fraction of sp³-hybridized carbons (Fsp3) is 0.300. The minimum Gasteiger partial charge on any atom is -0.445 e. The highest BCUT2D eigenvalue weighted by molar-refractivity contribution is 5.97. The van der Waals surface area contributed by atoms with Crippen LogP contribution in [0, 0.1) is 6.92 Å². The molecule has 2 aromatic rings. The molecule has 0 unspecified atom stereocenters. The van der Waals surface area contributed by atoms with Crippen LogP contribution in [-0.2, 0) is 16.1 Å². The van der Waals surface area contributed by atoms with Gasteiger partial charge < -0.3 is 20.3 Å². The molecule has 2 rings (SSSR count). The Hall–Kier alpha value is -3.02. The maximum atomic E-state index is 12.3. The van der Waals surface area contributed by atoms with E-state index in [2.05, 4.69) is 10.6 Å². The van der Waals surface area contributed by atoms with Gasteiger partial charge in [-0.05, 0) is 43.2 Å². The molecule has 0 aromatic heterocycles. The van der Waals surface area contributed by atoms with Crippen LogP contribution < -0.4 is 15.5 Å². The first-order chi connectivity index (χ1) is 12.4. The summed E-state index contributed by atoms with van der Waals surface area (Å²) in [5.74, 6) is -0.303. The number of alkyl carbamates (subject to hydrolysis) is 1. The van der Waals surface area contributed by atoms with Gasteiger partial charge in [-0.1, -0.05) is 30.3 Å². The standard InChI is InChI=1S/C20H25N3O3/c1-14-12-17(23(3)4)10-11-18(14)22-19(24)15(2)21-20(25)26-13-16-8-6-5-7-9-16/h5-12,15H,13H2,1-4H3,(H,21,25)(H,22,24)/t15-/m1/s1. The summed E-state index contributed by atoms with van der Waals surface area (Å²) < 4.78 is 5.13. The Labute approximate surface area is 154 Å². The highest BCUT2D eigenvalue weighted by atomic mass is 16.5. The lowest BCUT2D eigenvalue weighted by molar-refractivity contribution is -0.117. The van der Waals surface area contributed by atoms with Crippen LogP contribution in [0.5, 0.6) is 0 Å². The zero-order valence-electron chi connectivity index (χ0n) is 15.6. The smallest absolute Gasteiger partial charge is 0.408 e. The zero-order chi connectivity index (χ0) is 19.1. The Kier molecular flexibility index (Phi) is 6.60. The molecule has 26 heavy (non-hydrogen) atoms. The van der Waals surface area contributed by atoms with E-state index in [-0.39, 0.29) is 12.5 Å². The molecule has 2 N–H and O–H groups in total. The minimum absolute atomic E-state index is 0.159. The molecule has 0 spiro atoms. The van der Waals surface area contributed by atoms with Gasteiger partial charge in [-0.15, -0.1) is 0 Å². The van der Waals surface area contributed by atoms with Crippen molar-refractivity contribution < 1.29 is 14.3 Å². The number of ether oxygens (including phenoxy) is 1. The van der Waals surface area contributed by atoms with Gasteiger partial charge in [-0.3, -0.25) is 4.79 Å². The number of benzene rings is 2. The Morgan fingerprint density at radius 2 is 1.81 bits per heavy atom. The van der Waals surface area contributed by atoms with Crippen LogP contribution in [0.4, 0.5) is 16.2 Å². The number of hydrogen-bond acceptors (Lipinski definition) is 4. The van der Waals surface area contributed by atoms with Gasteiger partial charge >= 0.3 is 6.09 Å². The van der Waals surface area contributed by atoms with Crippen LogP contribution >= 0.6 is 0 Å². The molecule has 6 nitrogen and oxygen atoms in total. The lowest BCUT2D eigenvalue weighted by atomic mass is 10.1. The van der Waals surface area contributed by atoms with Crippen molar-refractivity contribution in [2.24, 2.45) is 0 Å². The highest BCUT2D eigenvalue weighted by Gasteiger charge is 2.17. The van der Waals surface area contributed by atoms with Crippen molar-refractivity contribution >= 4 is 23.4 Å². The van der Waals surface area contributed by atoms with Crippen LogP contribution in [0.25, 0.3) is 0 Å². The number of carbonyl (C=O) groups excluding carboxylic acids is 2. The van der Waals surface area contributed by atoms with Crippen molar-refractivity contribution in [3.05, 3.63) is 59.7 Å². The van der Waals surface area contributed by atoms with E-state index >= 15 is 0 Å². The maximum Gasteiger partial charge on any atom is 0.408 e. The van der Waals surface area contributed by atoms with Crippen molar-refractivity contribution in [1.29, 1.82) is 0 Å². The third-order valence-corrected chi connectivity index (χ3v) is 3.92. The first-order valence-electron chi connectivity index (χ1n) is 8.43.